The van der Waals surface area contributed by atoms with Crippen molar-refractivity contribution in [1.29, 1.82) is 0 Å². The van der Waals surface area contributed by atoms with E-state index in [-0.39, 0.29) is 11.8 Å². The van der Waals surface area contributed by atoms with Gasteiger partial charge >= 0.3 is 6.03 Å². The van der Waals surface area contributed by atoms with Gasteiger partial charge in [-0.25, -0.2) is 9.18 Å². The van der Waals surface area contributed by atoms with E-state index in [9.17, 15) is 9.18 Å². The fourth-order valence-corrected chi connectivity index (χ4v) is 4.16. The van der Waals surface area contributed by atoms with Crippen LogP contribution < -0.4 is 10.2 Å². The molecule has 3 aromatic carbocycles. The Kier molecular flexibility index (Phi) is 5.67. The molecule has 4 aromatic rings. The minimum atomic E-state index is -0.471. The summed E-state index contributed by atoms with van der Waals surface area (Å²) in [6.45, 7) is 3.96. The highest BCUT2D eigenvalue weighted by molar-refractivity contribution is 6.01. The summed E-state index contributed by atoms with van der Waals surface area (Å²) in [5, 5.41) is 7.22. The zero-order valence-electron chi connectivity index (χ0n) is 18.8. The number of rotatable bonds is 5. The van der Waals surface area contributed by atoms with Crippen molar-refractivity contribution in [3.05, 3.63) is 107 Å². The number of carbonyl (C=O) groups excluding carboxylic acids is 1. The molecular formula is C27H23FN4O2. The first-order valence-electron chi connectivity index (χ1n) is 11.1. The molecule has 6 nitrogen and oxygen atoms in total. The Balaban J connectivity index is 1.63. The van der Waals surface area contributed by atoms with Gasteiger partial charge < -0.3 is 9.84 Å². The third-order valence-electron chi connectivity index (χ3n) is 5.98. The van der Waals surface area contributed by atoms with Crippen LogP contribution in [-0.4, -0.2) is 16.2 Å². The predicted molar refractivity (Wildman–Crippen MR) is 128 cm³/mol. The number of nitrogens with one attached hydrogen (secondary N) is 1. The van der Waals surface area contributed by atoms with E-state index in [0.717, 1.165) is 17.7 Å². The summed E-state index contributed by atoms with van der Waals surface area (Å²) in [6, 6.07) is 22.7. The highest BCUT2D eigenvalue weighted by atomic mass is 19.1. The van der Waals surface area contributed by atoms with E-state index in [2.05, 4.69) is 22.4 Å². The van der Waals surface area contributed by atoms with E-state index in [1.54, 1.807) is 17.0 Å². The van der Waals surface area contributed by atoms with E-state index in [4.69, 9.17) is 4.52 Å². The SMILES string of the molecule is CCc1ccc(N2C(=O)NC(c3ccccc3)C(c3nc(-c4ccc(F)cc4)no3)=C2C)cc1. The zero-order valence-corrected chi connectivity index (χ0v) is 18.8. The number of aromatic nitrogens is 2. The Bertz CT molecular complexity index is 1350. The number of halogens is 1. The van der Waals surface area contributed by atoms with E-state index in [1.165, 1.54) is 17.7 Å². The summed E-state index contributed by atoms with van der Waals surface area (Å²) in [6.07, 6.45) is 0.913. The fraction of sp³-hybridized carbons (Fsp3) is 0.148. The maximum Gasteiger partial charge on any atom is 0.326 e. The molecule has 1 aliphatic rings. The first-order valence-corrected chi connectivity index (χ1v) is 11.1. The molecule has 0 aliphatic carbocycles. The molecule has 0 saturated carbocycles. The van der Waals surface area contributed by atoms with Crippen LogP contribution in [0.1, 0.15) is 36.9 Å². The lowest BCUT2D eigenvalue weighted by Gasteiger charge is -2.35. The van der Waals surface area contributed by atoms with Gasteiger partial charge in [0, 0.05) is 11.3 Å². The molecule has 0 bridgehead atoms. The van der Waals surface area contributed by atoms with Crippen LogP contribution in [0.4, 0.5) is 14.9 Å². The van der Waals surface area contributed by atoms with Crippen LogP contribution in [0.3, 0.4) is 0 Å². The van der Waals surface area contributed by atoms with Crippen molar-refractivity contribution >= 4 is 17.3 Å². The summed E-state index contributed by atoms with van der Waals surface area (Å²) in [5.41, 5.74) is 4.85. The van der Waals surface area contributed by atoms with Gasteiger partial charge in [-0.05, 0) is 60.9 Å². The summed E-state index contributed by atoms with van der Waals surface area (Å²) in [4.78, 5) is 19.5. The molecule has 34 heavy (non-hydrogen) atoms. The average Bonchev–Trinajstić information content (AvgIpc) is 3.35. The number of urea groups is 1. The maximum absolute atomic E-state index is 13.4. The van der Waals surface area contributed by atoms with Gasteiger partial charge in [-0.1, -0.05) is 54.5 Å². The largest absolute Gasteiger partial charge is 0.334 e. The van der Waals surface area contributed by atoms with Crippen LogP contribution in [0.25, 0.3) is 17.0 Å². The summed E-state index contributed by atoms with van der Waals surface area (Å²) < 4.78 is 19.0. The van der Waals surface area contributed by atoms with Gasteiger partial charge in [0.1, 0.15) is 5.82 Å². The number of anilines is 1. The molecule has 0 spiro atoms. The first kappa shape index (κ1) is 21.6. The molecule has 0 fully saturated rings. The molecule has 2 amide bonds. The quantitative estimate of drug-likeness (QED) is 0.393. The Hall–Kier alpha value is -4.26. The van der Waals surface area contributed by atoms with Gasteiger partial charge in [-0.3, -0.25) is 4.90 Å². The third-order valence-corrected chi connectivity index (χ3v) is 5.98. The van der Waals surface area contributed by atoms with Crippen molar-refractivity contribution in [2.75, 3.05) is 4.90 Å². The number of nitrogens with zero attached hydrogens (tertiary/aromatic N) is 3. The molecule has 0 radical (unpaired) electrons. The molecule has 2 heterocycles. The summed E-state index contributed by atoms with van der Waals surface area (Å²) in [5.74, 6) is 0.300. The number of amides is 2. The van der Waals surface area contributed by atoms with Gasteiger partial charge in [0.15, 0.2) is 0 Å². The van der Waals surface area contributed by atoms with Crippen LogP contribution in [-0.2, 0) is 6.42 Å². The maximum atomic E-state index is 13.4. The molecule has 1 aliphatic heterocycles. The second kappa shape index (κ2) is 8.94. The Morgan fingerprint density at radius 3 is 2.38 bits per heavy atom. The van der Waals surface area contributed by atoms with Gasteiger partial charge in [-0.2, -0.15) is 4.98 Å². The normalized spacial score (nSPS) is 16.0. The van der Waals surface area contributed by atoms with Crippen molar-refractivity contribution in [2.24, 2.45) is 0 Å². The average molecular weight is 455 g/mol. The third kappa shape index (κ3) is 3.96. The molecule has 1 unspecified atom stereocenters. The van der Waals surface area contributed by atoms with Crippen molar-refractivity contribution in [2.45, 2.75) is 26.3 Å². The van der Waals surface area contributed by atoms with Gasteiger partial charge in [0.2, 0.25) is 5.82 Å². The van der Waals surface area contributed by atoms with Gasteiger partial charge in [0.25, 0.3) is 5.89 Å². The standard InChI is InChI=1S/C27H23FN4O2/c1-3-18-9-15-22(16-10-18)32-17(2)23(24(29-27(32)33)19-7-5-4-6-8-19)26-30-25(31-34-26)20-11-13-21(28)14-12-20/h4-16,24H,3H2,1-2H3,(H,29,33). The van der Waals surface area contributed by atoms with Crippen molar-refractivity contribution in [1.82, 2.24) is 15.5 Å². The van der Waals surface area contributed by atoms with Crippen LogP contribution in [0.15, 0.2) is 89.1 Å². The van der Waals surface area contributed by atoms with E-state index >= 15 is 0 Å². The summed E-state index contributed by atoms with van der Waals surface area (Å²) >= 11 is 0. The highest BCUT2D eigenvalue weighted by Gasteiger charge is 2.36. The molecule has 0 saturated heterocycles. The number of aryl methyl sites for hydroxylation is 1. The van der Waals surface area contributed by atoms with Gasteiger partial charge in [0.05, 0.1) is 17.3 Å². The van der Waals surface area contributed by atoms with Crippen molar-refractivity contribution in [3.63, 3.8) is 0 Å². The molecule has 5 rings (SSSR count). The molecule has 1 aromatic heterocycles. The number of hydrogen-bond donors (Lipinski definition) is 1. The first-order chi connectivity index (χ1) is 16.5. The molecule has 170 valence electrons. The minimum absolute atomic E-state index is 0.238. The number of hydrogen-bond acceptors (Lipinski definition) is 4. The monoisotopic (exact) mass is 454 g/mol. The summed E-state index contributed by atoms with van der Waals surface area (Å²) in [7, 11) is 0. The fourth-order valence-electron chi connectivity index (χ4n) is 4.16. The van der Waals surface area contributed by atoms with Crippen LogP contribution in [0, 0.1) is 5.82 Å². The topological polar surface area (TPSA) is 71.3 Å². The smallest absolute Gasteiger partial charge is 0.326 e. The second-order valence-corrected chi connectivity index (χ2v) is 8.08. The molecule has 7 heteroatoms. The van der Waals surface area contributed by atoms with Crippen LogP contribution in [0.5, 0.6) is 0 Å². The minimum Gasteiger partial charge on any atom is -0.334 e. The van der Waals surface area contributed by atoms with Crippen LogP contribution >= 0.6 is 0 Å². The van der Waals surface area contributed by atoms with Crippen molar-refractivity contribution in [3.8, 4) is 11.4 Å². The Labute approximate surface area is 196 Å². The lowest BCUT2D eigenvalue weighted by atomic mass is 9.94. The van der Waals surface area contributed by atoms with E-state index in [1.807, 2.05) is 61.5 Å². The molecule has 1 N–H and O–H groups in total. The number of allylic oxidation sites excluding steroid dienone is 1. The number of carbonyl (C=O) groups is 1. The lowest BCUT2D eigenvalue weighted by Crippen LogP contribution is -2.46. The molecular weight excluding hydrogens is 431 g/mol. The van der Waals surface area contributed by atoms with E-state index in [0.29, 0.717) is 28.5 Å². The number of benzene rings is 3. The Morgan fingerprint density at radius 2 is 1.71 bits per heavy atom. The Morgan fingerprint density at radius 1 is 1.00 bits per heavy atom. The zero-order chi connectivity index (χ0) is 23.7. The van der Waals surface area contributed by atoms with Crippen molar-refractivity contribution < 1.29 is 13.7 Å². The predicted octanol–water partition coefficient (Wildman–Crippen LogP) is 6.14. The van der Waals surface area contributed by atoms with Crippen LogP contribution in [0.2, 0.25) is 0 Å². The highest BCUT2D eigenvalue weighted by Crippen LogP contribution is 2.39. The molecule has 1 atom stereocenters. The van der Waals surface area contributed by atoms with E-state index < -0.39 is 6.04 Å². The second-order valence-electron chi connectivity index (χ2n) is 8.08. The van der Waals surface area contributed by atoms with Gasteiger partial charge in [-0.15, -0.1) is 0 Å². The lowest BCUT2D eigenvalue weighted by molar-refractivity contribution is 0.244.